The number of aliphatic hydroxyl groups is 1. The number of rotatable bonds is 9. The van der Waals surface area contributed by atoms with Crippen molar-refractivity contribution in [3.63, 3.8) is 0 Å². The van der Waals surface area contributed by atoms with Gasteiger partial charge in [0.05, 0.1) is 38.0 Å². The number of amides is 1. The van der Waals surface area contributed by atoms with E-state index in [1.54, 1.807) is 32.0 Å². The zero-order valence-corrected chi connectivity index (χ0v) is 18.6. The zero-order valence-electron chi connectivity index (χ0n) is 18.6. The number of hydrogen-bond donors (Lipinski definition) is 2. The van der Waals surface area contributed by atoms with E-state index in [0.29, 0.717) is 23.1 Å². The molecule has 1 amide bonds. The van der Waals surface area contributed by atoms with Crippen LogP contribution < -0.4 is 19.5 Å². The molecule has 0 saturated heterocycles. The van der Waals surface area contributed by atoms with Gasteiger partial charge in [-0.2, -0.15) is 18.4 Å². The first-order valence-corrected chi connectivity index (χ1v) is 9.84. The Morgan fingerprint density at radius 2 is 1.79 bits per heavy atom. The number of alkyl halides is 3. The number of nitrogens with one attached hydrogen (secondary N) is 1. The quantitative estimate of drug-likeness (QED) is 0.585. The van der Waals surface area contributed by atoms with Crippen LogP contribution in [0.5, 0.6) is 17.2 Å². The van der Waals surface area contributed by atoms with E-state index in [1.807, 2.05) is 0 Å². The Morgan fingerprint density at radius 1 is 1.12 bits per heavy atom. The second-order valence-electron chi connectivity index (χ2n) is 7.86. The SMILES string of the molecule is COc1ccc(CNC(=O)C(Oc2ccc(C#N)c(C(F)(F)F)c2)C(C)(C)CO)c(OC)c1. The number of halogens is 3. The third kappa shape index (κ3) is 6.29. The van der Waals surface area contributed by atoms with Gasteiger partial charge in [0.25, 0.3) is 5.91 Å². The fraction of sp³-hybridized carbons (Fsp3) is 0.391. The molecule has 2 rings (SSSR count). The largest absolute Gasteiger partial charge is 0.497 e. The topological polar surface area (TPSA) is 101 Å². The highest BCUT2D eigenvalue weighted by molar-refractivity contribution is 5.82. The summed E-state index contributed by atoms with van der Waals surface area (Å²) in [4.78, 5) is 13.0. The molecule has 0 aliphatic heterocycles. The predicted molar refractivity (Wildman–Crippen MR) is 113 cm³/mol. The number of aliphatic hydroxyl groups excluding tert-OH is 1. The summed E-state index contributed by atoms with van der Waals surface area (Å²) >= 11 is 0. The molecule has 0 fully saturated rings. The molecule has 0 saturated carbocycles. The van der Waals surface area contributed by atoms with E-state index >= 15 is 0 Å². The van der Waals surface area contributed by atoms with Gasteiger partial charge in [-0.25, -0.2) is 0 Å². The predicted octanol–water partition coefficient (Wildman–Crippen LogP) is 3.68. The maximum absolute atomic E-state index is 13.3. The molecule has 0 spiro atoms. The first-order valence-electron chi connectivity index (χ1n) is 9.84. The first kappa shape index (κ1) is 25.8. The maximum atomic E-state index is 13.3. The van der Waals surface area contributed by atoms with Gasteiger partial charge in [-0.15, -0.1) is 0 Å². The number of nitriles is 1. The molecule has 2 N–H and O–H groups in total. The van der Waals surface area contributed by atoms with Gasteiger partial charge >= 0.3 is 6.18 Å². The summed E-state index contributed by atoms with van der Waals surface area (Å²) in [5.41, 5.74) is -2.25. The minimum atomic E-state index is -4.78. The van der Waals surface area contributed by atoms with Gasteiger partial charge in [0.15, 0.2) is 6.10 Å². The van der Waals surface area contributed by atoms with E-state index in [1.165, 1.54) is 26.4 Å². The van der Waals surface area contributed by atoms with E-state index < -0.39 is 41.3 Å². The standard InChI is InChI=1S/C23H25F3N2O5/c1-22(2,13-29)20(33-17-8-5-14(11-27)18(9-17)23(24,25)26)21(30)28-12-15-6-7-16(31-3)10-19(15)32-4/h5-10,20,29H,12-13H2,1-4H3,(H,28,30). The van der Waals surface area contributed by atoms with Crippen LogP contribution in [0.3, 0.4) is 0 Å². The Morgan fingerprint density at radius 3 is 2.33 bits per heavy atom. The van der Waals surface area contributed by atoms with Crippen molar-refractivity contribution in [1.29, 1.82) is 5.26 Å². The summed E-state index contributed by atoms with van der Waals surface area (Å²) < 4.78 is 55.9. The number of methoxy groups -OCH3 is 2. The van der Waals surface area contributed by atoms with Gasteiger partial charge in [0.2, 0.25) is 0 Å². The summed E-state index contributed by atoms with van der Waals surface area (Å²) in [5.74, 6) is 0.121. The highest BCUT2D eigenvalue weighted by atomic mass is 19.4. The third-order valence-electron chi connectivity index (χ3n) is 4.97. The van der Waals surface area contributed by atoms with E-state index in [-0.39, 0.29) is 12.3 Å². The molecule has 7 nitrogen and oxygen atoms in total. The Labute approximate surface area is 189 Å². The monoisotopic (exact) mass is 466 g/mol. The van der Waals surface area contributed by atoms with Crippen molar-refractivity contribution >= 4 is 5.91 Å². The van der Waals surface area contributed by atoms with Gasteiger partial charge in [-0.3, -0.25) is 4.79 Å². The van der Waals surface area contributed by atoms with Crippen LogP contribution in [0.2, 0.25) is 0 Å². The van der Waals surface area contributed by atoms with Crippen molar-refractivity contribution in [3.05, 3.63) is 53.1 Å². The lowest BCUT2D eigenvalue weighted by Crippen LogP contribution is -2.49. The molecule has 0 aliphatic carbocycles. The first-order chi connectivity index (χ1) is 15.5. The molecule has 33 heavy (non-hydrogen) atoms. The average molecular weight is 466 g/mol. The van der Waals surface area contributed by atoms with Gasteiger partial charge in [-0.1, -0.05) is 13.8 Å². The number of carbonyl (C=O) groups is 1. The average Bonchev–Trinajstić information content (AvgIpc) is 2.79. The number of benzene rings is 2. The molecule has 0 radical (unpaired) electrons. The van der Waals surface area contributed by atoms with Gasteiger partial charge in [0.1, 0.15) is 17.2 Å². The summed E-state index contributed by atoms with van der Waals surface area (Å²) in [5, 5.41) is 21.4. The second-order valence-corrected chi connectivity index (χ2v) is 7.86. The number of carbonyl (C=O) groups excluding carboxylic acids is 1. The summed E-state index contributed by atoms with van der Waals surface area (Å²) in [6.07, 6.45) is -6.11. The fourth-order valence-corrected chi connectivity index (χ4v) is 2.99. The van der Waals surface area contributed by atoms with E-state index in [4.69, 9.17) is 19.5 Å². The molecule has 178 valence electrons. The Balaban J connectivity index is 2.29. The molecule has 0 aromatic heterocycles. The Bertz CT molecular complexity index is 1030. The lowest BCUT2D eigenvalue weighted by molar-refractivity contribution is -0.138. The smallest absolute Gasteiger partial charge is 0.417 e. The summed E-state index contributed by atoms with van der Waals surface area (Å²) in [6, 6.07) is 9.32. The fourth-order valence-electron chi connectivity index (χ4n) is 2.99. The lowest BCUT2D eigenvalue weighted by Gasteiger charge is -2.32. The maximum Gasteiger partial charge on any atom is 0.417 e. The minimum Gasteiger partial charge on any atom is -0.497 e. The molecule has 2 aromatic rings. The van der Waals surface area contributed by atoms with Crippen molar-refractivity contribution in [2.75, 3.05) is 20.8 Å². The van der Waals surface area contributed by atoms with Crippen molar-refractivity contribution in [1.82, 2.24) is 5.32 Å². The van der Waals surface area contributed by atoms with Crippen LogP contribution in [0.1, 0.15) is 30.5 Å². The van der Waals surface area contributed by atoms with Crippen LogP contribution >= 0.6 is 0 Å². The van der Waals surface area contributed by atoms with Crippen LogP contribution in [0.25, 0.3) is 0 Å². The lowest BCUT2D eigenvalue weighted by atomic mass is 9.86. The molecular formula is C23H25F3N2O5. The highest BCUT2D eigenvalue weighted by Gasteiger charge is 2.38. The zero-order chi connectivity index (χ0) is 24.8. The van der Waals surface area contributed by atoms with Crippen molar-refractivity contribution < 1.29 is 37.3 Å². The van der Waals surface area contributed by atoms with Crippen LogP contribution in [0.4, 0.5) is 13.2 Å². The Hall–Kier alpha value is -3.45. The Kier molecular flexibility index (Phi) is 8.17. The molecule has 1 unspecified atom stereocenters. The van der Waals surface area contributed by atoms with Crippen LogP contribution in [0.15, 0.2) is 36.4 Å². The minimum absolute atomic E-state index is 0.0363. The van der Waals surface area contributed by atoms with Gasteiger partial charge in [0, 0.05) is 23.6 Å². The molecular weight excluding hydrogens is 441 g/mol. The van der Waals surface area contributed by atoms with Crippen molar-refractivity contribution in [2.24, 2.45) is 5.41 Å². The van der Waals surface area contributed by atoms with Crippen LogP contribution in [0, 0.1) is 16.7 Å². The van der Waals surface area contributed by atoms with E-state index in [2.05, 4.69) is 5.32 Å². The normalized spacial score (nSPS) is 12.5. The molecule has 2 aromatic carbocycles. The molecule has 0 bridgehead atoms. The molecule has 0 heterocycles. The van der Waals surface area contributed by atoms with Gasteiger partial charge in [-0.05, 0) is 30.3 Å². The van der Waals surface area contributed by atoms with E-state index in [9.17, 15) is 23.1 Å². The van der Waals surface area contributed by atoms with Crippen LogP contribution in [-0.2, 0) is 17.5 Å². The third-order valence-corrected chi connectivity index (χ3v) is 4.97. The van der Waals surface area contributed by atoms with E-state index in [0.717, 1.165) is 6.07 Å². The molecule has 0 aliphatic rings. The van der Waals surface area contributed by atoms with Crippen molar-refractivity contribution in [3.8, 4) is 23.3 Å². The summed E-state index contributed by atoms with van der Waals surface area (Å²) in [7, 11) is 2.96. The van der Waals surface area contributed by atoms with Crippen molar-refractivity contribution in [2.45, 2.75) is 32.7 Å². The van der Waals surface area contributed by atoms with Crippen LogP contribution in [-0.4, -0.2) is 37.9 Å². The molecule has 1 atom stereocenters. The molecule has 10 heteroatoms. The second kappa shape index (κ2) is 10.4. The number of nitrogens with zero attached hydrogens (tertiary/aromatic N) is 1. The number of hydrogen-bond acceptors (Lipinski definition) is 6. The number of ether oxygens (including phenoxy) is 3. The highest BCUT2D eigenvalue weighted by Crippen LogP contribution is 2.35. The summed E-state index contributed by atoms with van der Waals surface area (Å²) in [6.45, 7) is 2.65. The van der Waals surface area contributed by atoms with Gasteiger partial charge < -0.3 is 24.6 Å².